The summed E-state index contributed by atoms with van der Waals surface area (Å²) in [7, 11) is 0. The van der Waals surface area contributed by atoms with Gasteiger partial charge in [0.15, 0.2) is 0 Å². The van der Waals surface area contributed by atoms with Gasteiger partial charge in [-0.2, -0.15) is 0 Å². The summed E-state index contributed by atoms with van der Waals surface area (Å²) >= 11 is 0. The largest absolute Gasteiger partial charge is 0.508 e. The molecule has 2 heterocycles. The van der Waals surface area contributed by atoms with E-state index in [2.05, 4.69) is 20.6 Å². The molecular weight excluding hydrogens is 510 g/mol. The van der Waals surface area contributed by atoms with Crippen LogP contribution >= 0.6 is 0 Å². The van der Waals surface area contributed by atoms with E-state index in [4.69, 9.17) is 11.5 Å². The summed E-state index contributed by atoms with van der Waals surface area (Å²) in [5.74, 6) is -3.79. The van der Waals surface area contributed by atoms with Crippen LogP contribution in [0.1, 0.15) is 36.9 Å². The molecule has 0 aliphatic carbocycles. The first kappa shape index (κ1) is 29.1. The number of hydrogen-bond donors (Lipinski definition) is 7. The second kappa shape index (κ2) is 13.4. The number of nitrogens with one attached hydrogen (secondary N) is 3. The molecule has 2 aromatic rings. The zero-order valence-electron chi connectivity index (χ0n) is 21.2. The summed E-state index contributed by atoms with van der Waals surface area (Å²) < 4.78 is 0. The molecule has 4 amide bonds. The normalized spacial score (nSPS) is 17.2. The van der Waals surface area contributed by atoms with Crippen molar-refractivity contribution in [3.8, 4) is 5.75 Å². The van der Waals surface area contributed by atoms with Crippen LogP contribution in [-0.4, -0.2) is 85.4 Å². The second-order valence-electron chi connectivity index (χ2n) is 9.41. The maximum Gasteiger partial charge on any atom is 0.326 e. The van der Waals surface area contributed by atoms with Gasteiger partial charge >= 0.3 is 5.97 Å². The number of aromatic hydroxyl groups is 1. The molecule has 1 aromatic carbocycles. The Labute approximate surface area is 224 Å². The van der Waals surface area contributed by atoms with Crippen molar-refractivity contribution in [1.82, 2.24) is 25.5 Å². The SMILES string of the molecule is NC(=O)CCC(NC(=O)C1CCCN1C(=O)C(N)Cc1ccc(O)cc1)C(=O)NC(Cc1cnc[nH]1)C(=O)O. The number of carboxylic acids is 1. The van der Waals surface area contributed by atoms with Gasteiger partial charge in [0.1, 0.15) is 23.9 Å². The van der Waals surface area contributed by atoms with Crippen molar-refractivity contribution in [1.29, 1.82) is 0 Å². The number of carbonyl (C=O) groups excluding carboxylic acids is 4. The lowest BCUT2D eigenvalue weighted by Gasteiger charge is -2.28. The number of aliphatic carboxylic acids is 1. The van der Waals surface area contributed by atoms with Gasteiger partial charge in [-0.3, -0.25) is 19.2 Å². The molecule has 1 fully saturated rings. The van der Waals surface area contributed by atoms with E-state index in [-0.39, 0.29) is 31.4 Å². The Morgan fingerprint density at radius 2 is 1.82 bits per heavy atom. The van der Waals surface area contributed by atoms with Gasteiger partial charge in [0.25, 0.3) is 0 Å². The van der Waals surface area contributed by atoms with Crippen molar-refractivity contribution in [3.63, 3.8) is 0 Å². The lowest BCUT2D eigenvalue weighted by Crippen LogP contribution is -2.57. The van der Waals surface area contributed by atoms with Crippen molar-refractivity contribution in [2.75, 3.05) is 6.54 Å². The lowest BCUT2D eigenvalue weighted by molar-refractivity contribution is -0.143. The Hall–Kier alpha value is -4.46. The van der Waals surface area contributed by atoms with E-state index in [1.165, 1.54) is 29.6 Å². The maximum absolute atomic E-state index is 13.2. The number of aromatic amines is 1. The highest BCUT2D eigenvalue weighted by atomic mass is 16.4. The molecule has 14 nitrogen and oxygen atoms in total. The number of phenols is 1. The Morgan fingerprint density at radius 3 is 2.44 bits per heavy atom. The number of nitrogens with zero attached hydrogens (tertiary/aromatic N) is 2. The van der Waals surface area contributed by atoms with E-state index >= 15 is 0 Å². The van der Waals surface area contributed by atoms with Gasteiger partial charge in [-0.1, -0.05) is 12.1 Å². The Balaban J connectivity index is 1.67. The predicted octanol–water partition coefficient (Wildman–Crippen LogP) is -1.46. The van der Waals surface area contributed by atoms with Gasteiger partial charge in [-0.25, -0.2) is 9.78 Å². The molecule has 0 spiro atoms. The maximum atomic E-state index is 13.2. The van der Waals surface area contributed by atoms with Crippen molar-refractivity contribution >= 4 is 29.6 Å². The van der Waals surface area contributed by atoms with Crippen LogP contribution in [0.15, 0.2) is 36.8 Å². The summed E-state index contributed by atoms with van der Waals surface area (Å²) in [6.45, 7) is 0.295. The highest BCUT2D eigenvalue weighted by Gasteiger charge is 2.38. The smallest absolute Gasteiger partial charge is 0.326 e. The van der Waals surface area contributed by atoms with E-state index in [0.29, 0.717) is 25.1 Å². The third-order valence-corrected chi connectivity index (χ3v) is 6.45. The predicted molar refractivity (Wildman–Crippen MR) is 137 cm³/mol. The van der Waals surface area contributed by atoms with E-state index in [9.17, 15) is 34.2 Å². The number of carboxylic acid groups (broad SMARTS) is 1. The van der Waals surface area contributed by atoms with E-state index in [1.54, 1.807) is 12.1 Å². The molecule has 9 N–H and O–H groups in total. The lowest BCUT2D eigenvalue weighted by atomic mass is 10.0. The summed E-state index contributed by atoms with van der Waals surface area (Å²) in [6.07, 6.45) is 3.39. The fourth-order valence-electron chi connectivity index (χ4n) is 4.40. The minimum absolute atomic E-state index is 0.0820. The number of H-pyrrole nitrogens is 1. The average Bonchev–Trinajstić information content (AvgIpc) is 3.59. The Morgan fingerprint density at radius 1 is 1.10 bits per heavy atom. The summed E-state index contributed by atoms with van der Waals surface area (Å²) in [4.78, 5) is 70.4. The van der Waals surface area contributed by atoms with Crippen LogP contribution in [0.3, 0.4) is 0 Å². The molecule has 1 aliphatic rings. The first-order chi connectivity index (χ1) is 18.5. The van der Waals surface area contributed by atoms with E-state index in [1.807, 2.05) is 0 Å². The average molecular weight is 544 g/mol. The molecule has 0 bridgehead atoms. The molecule has 210 valence electrons. The number of carbonyl (C=O) groups is 5. The number of aromatic nitrogens is 2. The van der Waals surface area contributed by atoms with Crippen LogP contribution in [-0.2, 0) is 36.8 Å². The van der Waals surface area contributed by atoms with Gasteiger partial charge in [0.2, 0.25) is 23.6 Å². The minimum atomic E-state index is -1.33. The molecule has 4 atom stereocenters. The number of rotatable bonds is 13. The first-order valence-corrected chi connectivity index (χ1v) is 12.5. The number of benzene rings is 1. The van der Waals surface area contributed by atoms with Crippen LogP contribution in [0.5, 0.6) is 5.75 Å². The first-order valence-electron chi connectivity index (χ1n) is 12.5. The van der Waals surface area contributed by atoms with Crippen molar-refractivity contribution < 1.29 is 34.2 Å². The molecular formula is C25H33N7O7. The quantitative estimate of drug-likeness (QED) is 0.156. The van der Waals surface area contributed by atoms with Crippen LogP contribution in [0.4, 0.5) is 0 Å². The molecule has 1 aliphatic heterocycles. The standard InChI is InChI=1S/C25H33N7O7/c26-17(10-14-3-5-16(33)6-4-14)24(37)32-9-1-2-20(32)23(36)30-18(7-8-21(27)34)22(35)31-19(25(38)39)11-15-12-28-13-29-15/h3-6,12-13,17-20,33H,1-2,7-11,26H2,(H2,27,34)(H,28,29)(H,30,36)(H,31,35)(H,38,39). The minimum Gasteiger partial charge on any atom is -0.508 e. The molecule has 1 aromatic heterocycles. The zero-order chi connectivity index (χ0) is 28.5. The van der Waals surface area contributed by atoms with Gasteiger partial charge in [-0.05, 0) is 43.4 Å². The number of likely N-dealkylation sites (tertiary alicyclic amines) is 1. The molecule has 1 saturated heterocycles. The van der Waals surface area contributed by atoms with E-state index in [0.717, 1.165) is 5.56 Å². The Bertz CT molecular complexity index is 1170. The van der Waals surface area contributed by atoms with E-state index < -0.39 is 53.8 Å². The van der Waals surface area contributed by atoms with Crippen molar-refractivity contribution in [3.05, 3.63) is 48.0 Å². The monoisotopic (exact) mass is 543 g/mol. The molecule has 0 radical (unpaired) electrons. The molecule has 4 unspecified atom stereocenters. The van der Waals surface area contributed by atoms with Crippen molar-refractivity contribution in [2.45, 2.75) is 62.7 Å². The molecule has 3 rings (SSSR count). The summed E-state index contributed by atoms with van der Waals surface area (Å²) in [6, 6.07) is 1.85. The highest BCUT2D eigenvalue weighted by molar-refractivity contribution is 5.94. The molecule has 14 heteroatoms. The topological polar surface area (TPSA) is 234 Å². The van der Waals surface area contributed by atoms with Gasteiger partial charge in [0, 0.05) is 31.3 Å². The molecule has 39 heavy (non-hydrogen) atoms. The van der Waals surface area contributed by atoms with Crippen LogP contribution in [0.2, 0.25) is 0 Å². The van der Waals surface area contributed by atoms with Crippen LogP contribution in [0, 0.1) is 0 Å². The number of amides is 4. The highest BCUT2D eigenvalue weighted by Crippen LogP contribution is 2.20. The van der Waals surface area contributed by atoms with Crippen LogP contribution in [0.25, 0.3) is 0 Å². The summed E-state index contributed by atoms with van der Waals surface area (Å²) in [5.41, 5.74) is 12.6. The third-order valence-electron chi connectivity index (χ3n) is 6.45. The number of primary amides is 1. The number of imidazole rings is 1. The third kappa shape index (κ3) is 8.26. The molecule has 0 saturated carbocycles. The fraction of sp³-hybridized carbons (Fsp3) is 0.440. The number of hydrogen-bond acceptors (Lipinski definition) is 8. The number of nitrogens with two attached hydrogens (primary N) is 2. The van der Waals surface area contributed by atoms with Gasteiger partial charge < -0.3 is 42.2 Å². The number of phenolic OH excluding ortho intramolecular Hbond substituents is 1. The Kier molecular flexibility index (Phi) is 9.98. The summed E-state index contributed by atoms with van der Waals surface area (Å²) in [5, 5.41) is 24.0. The van der Waals surface area contributed by atoms with Gasteiger partial charge in [-0.15, -0.1) is 0 Å². The van der Waals surface area contributed by atoms with Crippen molar-refractivity contribution in [2.24, 2.45) is 11.5 Å². The zero-order valence-corrected chi connectivity index (χ0v) is 21.2. The van der Waals surface area contributed by atoms with Gasteiger partial charge in [0.05, 0.1) is 12.4 Å². The fourth-order valence-corrected chi connectivity index (χ4v) is 4.40. The second-order valence-corrected chi connectivity index (χ2v) is 9.41. The van der Waals surface area contributed by atoms with Crippen LogP contribution < -0.4 is 22.1 Å².